The topological polar surface area (TPSA) is 120 Å². The number of methoxy groups -OCH3 is 1. The summed E-state index contributed by atoms with van der Waals surface area (Å²) in [5.41, 5.74) is 0. The van der Waals surface area contributed by atoms with E-state index in [2.05, 4.69) is 9.62 Å². The molecule has 1 N–H and O–H groups in total. The maximum atomic E-state index is 13.3. The maximum absolute atomic E-state index is 13.3. The number of hydrogen-bond donors (Lipinski definition) is 1. The van der Waals surface area contributed by atoms with Gasteiger partial charge in [-0.25, -0.2) is 8.42 Å². The second-order valence-corrected chi connectivity index (χ2v) is 13.9. The van der Waals surface area contributed by atoms with Gasteiger partial charge >= 0.3 is 0 Å². The van der Waals surface area contributed by atoms with Crippen LogP contribution < -0.4 is 4.72 Å². The van der Waals surface area contributed by atoms with Gasteiger partial charge in [-0.15, -0.1) is 11.3 Å². The highest BCUT2D eigenvalue weighted by Gasteiger charge is 2.37. The average molecular weight is 616 g/mol. The molecule has 3 amide bonds. The minimum absolute atomic E-state index is 0.0396. The number of ether oxygens (including phenoxy) is 1. The molecule has 1 unspecified atom stereocenters. The summed E-state index contributed by atoms with van der Waals surface area (Å²) in [6.07, 6.45) is 5.10. The van der Waals surface area contributed by atoms with Crippen molar-refractivity contribution in [3.05, 3.63) is 26.8 Å². The lowest BCUT2D eigenvalue weighted by Crippen LogP contribution is -2.55. The highest BCUT2D eigenvalue weighted by molar-refractivity contribution is 7.92. The summed E-state index contributed by atoms with van der Waals surface area (Å²) in [6, 6.07) is 2.67. The smallest absolute Gasteiger partial charge is 0.248 e. The van der Waals surface area contributed by atoms with Gasteiger partial charge < -0.3 is 19.4 Å². The second-order valence-electron chi connectivity index (χ2n) is 10.6. The normalized spacial score (nSPS) is 24.4. The summed E-state index contributed by atoms with van der Waals surface area (Å²) in [7, 11) is -0.543. The summed E-state index contributed by atoms with van der Waals surface area (Å²) in [6.45, 7) is 3.40. The molecule has 0 radical (unpaired) electrons. The molecule has 0 bridgehead atoms. The summed E-state index contributed by atoms with van der Waals surface area (Å²) < 4.78 is 33.2. The number of halogens is 1. The number of carbonyl (C=O) groups excluding carboxylic acids is 3. The molecule has 4 rings (SSSR count). The number of nitrogens with one attached hydrogen (secondary N) is 1. The lowest BCUT2D eigenvalue weighted by molar-refractivity contribution is -0.143. The van der Waals surface area contributed by atoms with Crippen LogP contribution in [0.15, 0.2) is 17.5 Å². The predicted octanol–water partition coefficient (Wildman–Crippen LogP) is 1.45. The quantitative estimate of drug-likeness (QED) is 0.400. The van der Waals surface area contributed by atoms with Crippen LogP contribution in [0, 0.1) is 0 Å². The van der Waals surface area contributed by atoms with Crippen molar-refractivity contribution in [1.82, 2.24) is 24.3 Å². The number of likely N-dealkylation sites (N-methyl/N-ethyl adjacent to an activating group) is 1. The van der Waals surface area contributed by atoms with E-state index < -0.39 is 16.1 Å². The number of carbonyl (C=O) groups is 3. The number of thiophene rings is 1. The summed E-state index contributed by atoms with van der Waals surface area (Å²) >= 11 is 7.15. The Bertz CT molecular complexity index is 1210. The number of likely N-dealkylation sites (tertiary alicyclic amines) is 3. The van der Waals surface area contributed by atoms with Crippen LogP contribution >= 0.6 is 22.9 Å². The first-order chi connectivity index (χ1) is 19.1. The molecule has 4 heterocycles. The minimum atomic E-state index is -3.86. The highest BCUT2D eigenvalue weighted by Crippen LogP contribution is 2.24. The molecular formula is C26H38ClN5O6S2. The molecule has 3 saturated heterocycles. The maximum Gasteiger partial charge on any atom is 0.248 e. The number of amides is 3. The van der Waals surface area contributed by atoms with E-state index in [0.717, 1.165) is 44.3 Å². The Morgan fingerprint density at radius 3 is 2.70 bits per heavy atom. The molecule has 3 fully saturated rings. The van der Waals surface area contributed by atoms with Crippen molar-refractivity contribution < 1.29 is 27.5 Å². The van der Waals surface area contributed by atoms with Crippen LogP contribution in [0.3, 0.4) is 0 Å². The van der Waals surface area contributed by atoms with Crippen molar-refractivity contribution in [2.24, 2.45) is 0 Å². The Balaban J connectivity index is 1.29. The van der Waals surface area contributed by atoms with E-state index in [0.29, 0.717) is 35.1 Å². The molecule has 0 saturated carbocycles. The Kier molecular flexibility index (Phi) is 10.6. The molecule has 0 aromatic carbocycles. The van der Waals surface area contributed by atoms with Crippen molar-refractivity contribution in [3.8, 4) is 0 Å². The van der Waals surface area contributed by atoms with Gasteiger partial charge in [0.25, 0.3) is 0 Å². The standard InChI is InChI=1S/C26H38ClN5O6S2/c1-29(25(34)18-38-2)19-9-13-30(15-19)16-20-5-3-12-32(20)24(33)17-31-11-4-6-22(26(31)35)28-40(36,37)14-10-21-7-8-23(27)39-21/h7-8,10,14,19-20,22,28H,3-6,9,11-13,15-18H2,1-2H3/b14-10+/t19?,20-,22-/m0/s1. The van der Waals surface area contributed by atoms with Crippen LogP contribution in [0.5, 0.6) is 0 Å². The summed E-state index contributed by atoms with van der Waals surface area (Å²) in [4.78, 5) is 46.7. The van der Waals surface area contributed by atoms with E-state index in [9.17, 15) is 22.8 Å². The Morgan fingerprint density at radius 2 is 1.98 bits per heavy atom. The van der Waals surface area contributed by atoms with Crippen molar-refractivity contribution in [1.29, 1.82) is 0 Å². The van der Waals surface area contributed by atoms with Gasteiger partial charge in [0.05, 0.1) is 10.9 Å². The molecular weight excluding hydrogens is 578 g/mol. The van der Waals surface area contributed by atoms with Crippen LogP contribution in [0.25, 0.3) is 6.08 Å². The van der Waals surface area contributed by atoms with E-state index in [4.69, 9.17) is 16.3 Å². The Morgan fingerprint density at radius 1 is 1.20 bits per heavy atom. The minimum Gasteiger partial charge on any atom is -0.375 e. The van der Waals surface area contributed by atoms with E-state index >= 15 is 0 Å². The van der Waals surface area contributed by atoms with Crippen LogP contribution in [-0.2, 0) is 29.1 Å². The van der Waals surface area contributed by atoms with Gasteiger partial charge in [-0.2, -0.15) is 4.72 Å². The van der Waals surface area contributed by atoms with Crippen LogP contribution in [0.4, 0.5) is 0 Å². The fourth-order valence-corrected chi connectivity index (χ4v) is 7.72. The zero-order chi connectivity index (χ0) is 28.9. The SMILES string of the molecule is COCC(=O)N(C)C1CCN(C[C@@H]2CCCN2C(=O)CN2CCC[C@H](NS(=O)(=O)/C=C/c3ccc(Cl)s3)C2=O)C1. The van der Waals surface area contributed by atoms with Crippen LogP contribution in [0.2, 0.25) is 4.34 Å². The monoisotopic (exact) mass is 615 g/mol. The Hall–Kier alpha value is -2.03. The fraction of sp³-hybridized carbons (Fsp3) is 0.654. The van der Waals surface area contributed by atoms with Crippen LogP contribution in [0.1, 0.15) is 37.0 Å². The molecule has 0 aliphatic carbocycles. The highest BCUT2D eigenvalue weighted by atomic mass is 35.5. The fourth-order valence-electron chi connectivity index (χ4n) is 5.65. The number of sulfonamides is 1. The summed E-state index contributed by atoms with van der Waals surface area (Å²) in [5, 5.41) is 1.04. The van der Waals surface area contributed by atoms with Crippen molar-refractivity contribution in [2.75, 3.05) is 60.0 Å². The molecule has 1 aromatic heterocycles. The van der Waals surface area contributed by atoms with Gasteiger partial charge in [0.2, 0.25) is 27.7 Å². The van der Waals surface area contributed by atoms with E-state index in [1.807, 2.05) is 4.90 Å². The molecule has 3 aliphatic rings. The Labute approximate surface area is 245 Å². The van der Waals surface area contributed by atoms with E-state index in [1.54, 1.807) is 24.1 Å². The van der Waals surface area contributed by atoms with Crippen molar-refractivity contribution in [2.45, 2.75) is 50.2 Å². The summed E-state index contributed by atoms with van der Waals surface area (Å²) in [5.74, 6) is -0.531. The largest absolute Gasteiger partial charge is 0.375 e. The number of hydrogen-bond acceptors (Lipinski definition) is 8. The predicted molar refractivity (Wildman–Crippen MR) is 154 cm³/mol. The first-order valence-corrected chi connectivity index (χ1v) is 16.3. The second kappa shape index (κ2) is 13.8. The molecule has 40 heavy (non-hydrogen) atoms. The van der Waals surface area contributed by atoms with Gasteiger partial charge in [-0.1, -0.05) is 11.6 Å². The molecule has 14 heteroatoms. The van der Waals surface area contributed by atoms with Crippen LogP contribution in [-0.4, -0.2) is 124 Å². The third-order valence-corrected chi connectivity index (χ3v) is 10.1. The molecule has 11 nitrogen and oxygen atoms in total. The third kappa shape index (κ3) is 8.04. The number of rotatable bonds is 11. The third-order valence-electron chi connectivity index (χ3n) is 7.79. The lowest BCUT2D eigenvalue weighted by Gasteiger charge is -2.34. The molecule has 1 aromatic rings. The zero-order valence-corrected chi connectivity index (χ0v) is 25.3. The van der Waals surface area contributed by atoms with Crippen molar-refractivity contribution >= 4 is 56.8 Å². The molecule has 222 valence electrons. The van der Waals surface area contributed by atoms with E-state index in [-0.39, 0.29) is 43.0 Å². The number of nitrogens with zero attached hydrogens (tertiary/aromatic N) is 4. The molecule has 3 atom stereocenters. The zero-order valence-electron chi connectivity index (χ0n) is 23.0. The lowest BCUT2D eigenvalue weighted by atomic mass is 10.1. The van der Waals surface area contributed by atoms with Crippen molar-refractivity contribution in [3.63, 3.8) is 0 Å². The van der Waals surface area contributed by atoms with Gasteiger partial charge in [0.1, 0.15) is 12.6 Å². The molecule has 0 spiro atoms. The average Bonchev–Trinajstić information content (AvgIpc) is 3.67. The number of piperidine rings is 1. The van der Waals surface area contributed by atoms with E-state index in [1.165, 1.54) is 29.4 Å². The van der Waals surface area contributed by atoms with Gasteiger partial charge in [0.15, 0.2) is 0 Å². The first-order valence-electron chi connectivity index (χ1n) is 13.6. The molecule has 3 aliphatic heterocycles. The van der Waals surface area contributed by atoms with Gasteiger partial charge in [-0.3, -0.25) is 19.3 Å². The van der Waals surface area contributed by atoms with Gasteiger partial charge in [-0.05, 0) is 50.3 Å². The van der Waals surface area contributed by atoms with Gasteiger partial charge in [0, 0.05) is 69.3 Å². The first kappa shape index (κ1) is 30.9.